The van der Waals surface area contributed by atoms with Crippen LogP contribution < -0.4 is 4.90 Å². The molecule has 0 saturated carbocycles. The van der Waals surface area contributed by atoms with E-state index in [0.717, 1.165) is 22.6 Å². The maximum absolute atomic E-state index is 5.15. The van der Waals surface area contributed by atoms with Crippen LogP contribution in [0, 0.1) is 0 Å². The lowest BCUT2D eigenvalue weighted by molar-refractivity contribution is 0.753. The molecule has 10 aromatic rings. The number of hydrogen-bond donors (Lipinski definition) is 0. The molecular weight excluding hydrogens is 643 g/mol. The lowest BCUT2D eigenvalue weighted by Crippen LogP contribution is -2.36. The highest BCUT2D eigenvalue weighted by Crippen LogP contribution is 2.63. The number of pyridine rings is 1. The molecule has 1 spiro atoms. The van der Waals surface area contributed by atoms with Crippen molar-refractivity contribution in [2.45, 2.75) is 5.41 Å². The van der Waals surface area contributed by atoms with Crippen LogP contribution in [-0.4, -0.2) is 9.38 Å². The van der Waals surface area contributed by atoms with Crippen LogP contribution >= 0.6 is 0 Å². The Labute approximate surface area is 307 Å². The second kappa shape index (κ2) is 10.5. The van der Waals surface area contributed by atoms with E-state index >= 15 is 0 Å². The summed E-state index contributed by atoms with van der Waals surface area (Å²) in [5.74, 6) is 0. The van der Waals surface area contributed by atoms with Gasteiger partial charge in [-0.3, -0.25) is 4.40 Å². The first-order valence-electron chi connectivity index (χ1n) is 18.3. The highest BCUT2D eigenvalue weighted by Gasteiger charge is 2.51. The van der Waals surface area contributed by atoms with Crippen LogP contribution in [0.25, 0.3) is 61.0 Å². The molecule has 0 fully saturated rings. The maximum atomic E-state index is 5.15. The molecule has 53 heavy (non-hydrogen) atoms. The van der Waals surface area contributed by atoms with Gasteiger partial charge >= 0.3 is 0 Å². The average molecular weight is 674 g/mol. The van der Waals surface area contributed by atoms with E-state index in [1.54, 1.807) is 0 Å². The Morgan fingerprint density at radius 1 is 0.415 bits per heavy atom. The largest absolute Gasteiger partial charge is 0.310 e. The van der Waals surface area contributed by atoms with E-state index in [-0.39, 0.29) is 0 Å². The predicted octanol–water partition coefficient (Wildman–Crippen LogP) is 12.6. The SMILES string of the molecule is c1ccc(-c2nc3cccc4c5ccc(-c6ccc7c(c6)C6(c8ccccc8-7)c7ccccc7N(c7ccccc7)c7ccccc76)cc5c2n34)cc1. The highest BCUT2D eigenvalue weighted by atomic mass is 15.2. The zero-order valence-corrected chi connectivity index (χ0v) is 28.7. The van der Waals surface area contributed by atoms with E-state index in [0.29, 0.717) is 0 Å². The van der Waals surface area contributed by atoms with Gasteiger partial charge in [-0.15, -0.1) is 0 Å². The van der Waals surface area contributed by atoms with Gasteiger partial charge in [0.2, 0.25) is 0 Å². The second-order valence-corrected chi connectivity index (χ2v) is 14.3. The number of imidazole rings is 1. The molecule has 12 rings (SSSR count). The van der Waals surface area contributed by atoms with Crippen molar-refractivity contribution in [3.8, 4) is 33.5 Å². The smallest absolute Gasteiger partial charge is 0.138 e. The van der Waals surface area contributed by atoms with Crippen LogP contribution in [0.4, 0.5) is 17.1 Å². The first-order valence-corrected chi connectivity index (χ1v) is 18.3. The van der Waals surface area contributed by atoms with E-state index in [2.05, 4.69) is 197 Å². The van der Waals surface area contributed by atoms with Gasteiger partial charge in [-0.25, -0.2) is 4.98 Å². The Kier molecular flexibility index (Phi) is 5.70. The van der Waals surface area contributed by atoms with Crippen LogP contribution in [0.5, 0.6) is 0 Å². The van der Waals surface area contributed by atoms with Crippen molar-refractivity contribution in [2.75, 3.05) is 4.90 Å². The van der Waals surface area contributed by atoms with Gasteiger partial charge in [0.25, 0.3) is 0 Å². The Morgan fingerprint density at radius 2 is 1.04 bits per heavy atom. The van der Waals surface area contributed by atoms with Gasteiger partial charge in [-0.2, -0.15) is 0 Å². The third kappa shape index (κ3) is 3.70. The van der Waals surface area contributed by atoms with Crippen LogP contribution in [-0.2, 0) is 5.41 Å². The summed E-state index contributed by atoms with van der Waals surface area (Å²) in [6.45, 7) is 0. The van der Waals surface area contributed by atoms with Crippen molar-refractivity contribution in [3.63, 3.8) is 0 Å². The minimum atomic E-state index is -0.495. The van der Waals surface area contributed by atoms with E-state index in [4.69, 9.17) is 4.98 Å². The lowest BCUT2D eigenvalue weighted by Gasteiger charge is -2.45. The molecule has 0 N–H and O–H groups in total. The molecule has 0 amide bonds. The van der Waals surface area contributed by atoms with Crippen molar-refractivity contribution in [2.24, 2.45) is 0 Å². The molecule has 0 radical (unpaired) electrons. The minimum absolute atomic E-state index is 0.495. The molecule has 4 heterocycles. The van der Waals surface area contributed by atoms with Crippen molar-refractivity contribution < 1.29 is 0 Å². The molecule has 3 nitrogen and oxygen atoms in total. The molecule has 3 heteroatoms. The fourth-order valence-corrected chi connectivity index (χ4v) is 9.63. The van der Waals surface area contributed by atoms with Gasteiger partial charge in [0.15, 0.2) is 0 Å². The van der Waals surface area contributed by atoms with Crippen LogP contribution in [0.1, 0.15) is 22.3 Å². The monoisotopic (exact) mass is 673 g/mol. The van der Waals surface area contributed by atoms with Crippen LogP contribution in [0.2, 0.25) is 0 Å². The zero-order valence-electron chi connectivity index (χ0n) is 28.7. The van der Waals surface area contributed by atoms with Gasteiger partial charge in [0.05, 0.1) is 33.5 Å². The molecule has 1 aliphatic carbocycles. The Balaban J connectivity index is 1.13. The second-order valence-electron chi connectivity index (χ2n) is 14.3. The highest BCUT2D eigenvalue weighted by molar-refractivity contribution is 6.15. The summed E-state index contributed by atoms with van der Waals surface area (Å²) in [6, 6.07) is 69.1. The molecule has 3 aromatic heterocycles. The molecule has 7 aromatic carbocycles. The van der Waals surface area contributed by atoms with E-state index < -0.39 is 5.41 Å². The van der Waals surface area contributed by atoms with Gasteiger partial charge in [0, 0.05) is 22.0 Å². The Bertz CT molecular complexity index is 3020. The number of nitrogens with zero attached hydrogens (tertiary/aromatic N) is 3. The van der Waals surface area contributed by atoms with Crippen LogP contribution in [0.15, 0.2) is 188 Å². The number of anilines is 3. The topological polar surface area (TPSA) is 20.5 Å². The Morgan fingerprint density at radius 3 is 1.81 bits per heavy atom. The summed E-state index contributed by atoms with van der Waals surface area (Å²) in [4.78, 5) is 7.59. The quantitative estimate of drug-likeness (QED) is 0.186. The number of para-hydroxylation sites is 3. The summed E-state index contributed by atoms with van der Waals surface area (Å²) in [5, 5.41) is 2.47. The molecule has 2 aliphatic rings. The van der Waals surface area contributed by atoms with Crippen molar-refractivity contribution in [3.05, 3.63) is 210 Å². The number of aromatic nitrogens is 2. The van der Waals surface area contributed by atoms with Gasteiger partial charge in [0.1, 0.15) is 5.65 Å². The summed E-state index contributed by atoms with van der Waals surface area (Å²) in [6.07, 6.45) is 0. The number of hydrogen-bond acceptors (Lipinski definition) is 2. The fraction of sp³-hybridized carbons (Fsp3) is 0.0200. The molecule has 1 aliphatic heterocycles. The van der Waals surface area contributed by atoms with E-state index in [9.17, 15) is 0 Å². The van der Waals surface area contributed by atoms with Crippen molar-refractivity contribution in [1.29, 1.82) is 0 Å². The third-order valence-corrected chi connectivity index (χ3v) is 11.7. The maximum Gasteiger partial charge on any atom is 0.138 e. The van der Waals surface area contributed by atoms with E-state index in [1.807, 2.05) is 0 Å². The number of benzene rings is 7. The summed E-state index contributed by atoms with van der Waals surface area (Å²) >= 11 is 0. The average Bonchev–Trinajstić information content (AvgIpc) is 3.88. The number of rotatable bonds is 3. The molecular formula is C50H31N3. The molecule has 0 bridgehead atoms. The first kappa shape index (κ1) is 28.7. The van der Waals surface area contributed by atoms with Crippen molar-refractivity contribution >= 4 is 44.5 Å². The van der Waals surface area contributed by atoms with Gasteiger partial charge in [-0.05, 0) is 93.0 Å². The molecule has 0 unspecified atom stereocenters. The standard InChI is InChI=1S/C50H31N3/c1-3-14-32(15-4-1)48-49-39-30-33(27-29-38(39)44-24-13-25-47(51-48)53(44)49)34-26-28-37-36-18-7-8-19-40(36)50(43(37)31-34)41-20-9-11-22-45(41)52(35-16-5-2-6-17-35)46-23-12-10-21-42(46)50/h1-31H. The fourth-order valence-electron chi connectivity index (χ4n) is 9.63. The van der Waals surface area contributed by atoms with Crippen molar-refractivity contribution in [1.82, 2.24) is 9.38 Å². The third-order valence-electron chi connectivity index (χ3n) is 11.7. The summed E-state index contributed by atoms with van der Waals surface area (Å²) in [5.41, 5.74) is 18.8. The zero-order chi connectivity index (χ0) is 34.7. The van der Waals surface area contributed by atoms with Gasteiger partial charge in [-0.1, -0.05) is 140 Å². The summed E-state index contributed by atoms with van der Waals surface area (Å²) in [7, 11) is 0. The lowest BCUT2D eigenvalue weighted by atomic mass is 9.64. The normalized spacial score (nSPS) is 13.8. The Hall–Kier alpha value is -6.97. The molecule has 0 saturated heterocycles. The molecule has 246 valence electrons. The van der Waals surface area contributed by atoms with Crippen LogP contribution in [0.3, 0.4) is 0 Å². The number of fused-ring (bicyclic) bond motifs is 12. The predicted molar refractivity (Wildman–Crippen MR) is 218 cm³/mol. The molecule has 0 atom stereocenters. The summed E-state index contributed by atoms with van der Waals surface area (Å²) < 4.78 is 2.33. The first-order chi connectivity index (χ1) is 26.3. The van der Waals surface area contributed by atoms with Gasteiger partial charge < -0.3 is 4.90 Å². The minimum Gasteiger partial charge on any atom is -0.310 e. The van der Waals surface area contributed by atoms with E-state index in [1.165, 1.54) is 77.7 Å².